The topological polar surface area (TPSA) is 72.8 Å². The van der Waals surface area contributed by atoms with E-state index in [-0.39, 0.29) is 29.3 Å². The predicted octanol–water partition coefficient (Wildman–Crippen LogP) is 0.376. The molecule has 1 heterocycles. The van der Waals surface area contributed by atoms with Gasteiger partial charge in [0, 0.05) is 17.4 Å². The van der Waals surface area contributed by atoms with Crippen molar-refractivity contribution in [1.29, 1.82) is 0 Å². The van der Waals surface area contributed by atoms with Crippen molar-refractivity contribution in [3.63, 3.8) is 0 Å². The molecule has 5 unspecified atom stereocenters. The highest BCUT2D eigenvalue weighted by Crippen LogP contribution is 2.60. The van der Waals surface area contributed by atoms with Crippen LogP contribution in [0, 0.1) is 17.8 Å². The fourth-order valence-electron chi connectivity index (χ4n) is 3.36. The minimum Gasteiger partial charge on any atom is -0.452 e. The van der Waals surface area contributed by atoms with E-state index in [1.54, 1.807) is 6.92 Å². The second-order valence-corrected chi connectivity index (χ2v) is 5.22. The number of fused-ring (bicyclic) bond motifs is 1. The summed E-state index contributed by atoms with van der Waals surface area (Å²) < 4.78 is 10.3. The van der Waals surface area contributed by atoms with E-state index in [1.165, 1.54) is 0 Å². The average Bonchev–Trinajstić information content (AvgIpc) is 2.81. The van der Waals surface area contributed by atoms with Crippen molar-refractivity contribution in [1.82, 2.24) is 0 Å². The van der Waals surface area contributed by atoms with Gasteiger partial charge in [0.05, 0.1) is 5.92 Å². The van der Waals surface area contributed by atoms with Crippen LogP contribution in [-0.2, 0) is 19.1 Å². The van der Waals surface area contributed by atoms with Gasteiger partial charge in [0.1, 0.15) is 0 Å². The van der Waals surface area contributed by atoms with Crippen molar-refractivity contribution in [3.05, 3.63) is 12.2 Å². The fraction of sp³-hybridized carbons (Fsp3) is 0.667. The van der Waals surface area contributed by atoms with E-state index >= 15 is 0 Å². The van der Waals surface area contributed by atoms with Crippen LogP contribution in [0.3, 0.4) is 0 Å². The molecule has 0 aromatic heterocycles. The van der Waals surface area contributed by atoms with Crippen LogP contribution in [-0.4, -0.2) is 28.9 Å². The van der Waals surface area contributed by atoms with Crippen LogP contribution in [0.5, 0.6) is 0 Å². The quantitative estimate of drug-likeness (QED) is 0.556. The molecule has 17 heavy (non-hydrogen) atoms. The number of aliphatic hydroxyl groups is 1. The van der Waals surface area contributed by atoms with Gasteiger partial charge in [-0.15, -0.1) is 0 Å². The summed E-state index contributed by atoms with van der Waals surface area (Å²) in [5.41, 5.74) is 0.275. The first kappa shape index (κ1) is 10.8. The number of esters is 2. The molecule has 5 heteroatoms. The lowest BCUT2D eigenvalue weighted by atomic mass is 9.85. The van der Waals surface area contributed by atoms with Gasteiger partial charge in [0.2, 0.25) is 0 Å². The second kappa shape index (κ2) is 3.10. The van der Waals surface area contributed by atoms with E-state index in [4.69, 9.17) is 9.47 Å². The Morgan fingerprint density at radius 3 is 2.94 bits per heavy atom. The Balaban J connectivity index is 1.86. The summed E-state index contributed by atoms with van der Waals surface area (Å²) >= 11 is 0. The molecule has 1 aliphatic heterocycles. The van der Waals surface area contributed by atoms with E-state index in [0.29, 0.717) is 12.8 Å². The zero-order valence-electron chi connectivity index (χ0n) is 9.51. The van der Waals surface area contributed by atoms with Crippen LogP contribution in [0.15, 0.2) is 12.2 Å². The molecule has 3 aliphatic rings. The number of rotatable bonds is 2. The van der Waals surface area contributed by atoms with E-state index in [9.17, 15) is 14.7 Å². The highest BCUT2D eigenvalue weighted by molar-refractivity contribution is 5.87. The summed E-state index contributed by atoms with van der Waals surface area (Å²) in [4.78, 5) is 23.0. The van der Waals surface area contributed by atoms with Gasteiger partial charge in [0.25, 0.3) is 5.79 Å². The van der Waals surface area contributed by atoms with Crippen LogP contribution < -0.4 is 0 Å². The third-order valence-electron chi connectivity index (χ3n) is 4.12. The van der Waals surface area contributed by atoms with Gasteiger partial charge in [-0.1, -0.05) is 6.58 Å². The third kappa shape index (κ3) is 1.23. The standard InChI is InChI=1S/C12H14O5/c1-5(2)10(13)16-9-6-3-7-8(4-6)12(9,15)17-11(7)14/h6-9,15H,1,3-4H2,2H3. The second-order valence-electron chi connectivity index (χ2n) is 5.22. The Bertz CT molecular complexity index is 429. The van der Waals surface area contributed by atoms with Gasteiger partial charge < -0.3 is 14.6 Å². The number of hydrogen-bond donors (Lipinski definition) is 1. The van der Waals surface area contributed by atoms with Crippen molar-refractivity contribution >= 4 is 11.9 Å². The third-order valence-corrected chi connectivity index (χ3v) is 4.12. The molecule has 0 radical (unpaired) electrons. The molecule has 2 bridgehead atoms. The maximum absolute atomic E-state index is 11.5. The maximum atomic E-state index is 11.5. The van der Waals surface area contributed by atoms with Gasteiger partial charge >= 0.3 is 11.9 Å². The van der Waals surface area contributed by atoms with Crippen molar-refractivity contribution in [2.24, 2.45) is 17.8 Å². The molecule has 1 saturated heterocycles. The summed E-state index contributed by atoms with van der Waals surface area (Å²) in [7, 11) is 0. The average molecular weight is 238 g/mol. The zero-order valence-corrected chi connectivity index (χ0v) is 9.51. The molecule has 0 aromatic carbocycles. The molecule has 92 valence electrons. The molecular weight excluding hydrogens is 224 g/mol. The Kier molecular flexibility index (Phi) is 1.96. The molecule has 5 atom stereocenters. The normalized spacial score (nSPS) is 45.9. The maximum Gasteiger partial charge on any atom is 0.333 e. The van der Waals surface area contributed by atoms with Crippen LogP contribution in [0.4, 0.5) is 0 Å². The highest BCUT2D eigenvalue weighted by atomic mass is 16.7. The lowest BCUT2D eigenvalue weighted by molar-refractivity contribution is -0.243. The SMILES string of the molecule is C=C(C)C(=O)OC1C2CC3C(=O)OC1(O)C3C2. The van der Waals surface area contributed by atoms with Crippen molar-refractivity contribution in [3.8, 4) is 0 Å². The monoisotopic (exact) mass is 238 g/mol. The summed E-state index contributed by atoms with van der Waals surface area (Å²) in [5.74, 6) is -2.93. The largest absolute Gasteiger partial charge is 0.452 e. The van der Waals surface area contributed by atoms with E-state index < -0.39 is 17.9 Å². The van der Waals surface area contributed by atoms with Crippen LogP contribution in [0.25, 0.3) is 0 Å². The number of carbonyl (C=O) groups excluding carboxylic acids is 2. The molecule has 2 aliphatic carbocycles. The summed E-state index contributed by atoms with van der Waals surface area (Å²) in [6.45, 7) is 5.04. The smallest absolute Gasteiger partial charge is 0.333 e. The van der Waals surface area contributed by atoms with Crippen LogP contribution >= 0.6 is 0 Å². The van der Waals surface area contributed by atoms with Gasteiger partial charge in [-0.3, -0.25) is 4.79 Å². The lowest BCUT2D eigenvalue weighted by Crippen LogP contribution is -2.48. The van der Waals surface area contributed by atoms with Gasteiger partial charge in [0.15, 0.2) is 6.10 Å². The molecular formula is C12H14O5. The molecule has 1 N–H and O–H groups in total. The molecule has 0 amide bonds. The molecule has 0 spiro atoms. The fourth-order valence-corrected chi connectivity index (χ4v) is 3.36. The Morgan fingerprint density at radius 2 is 2.29 bits per heavy atom. The molecule has 3 fully saturated rings. The van der Waals surface area contributed by atoms with Crippen molar-refractivity contribution < 1.29 is 24.2 Å². The Morgan fingerprint density at radius 1 is 1.59 bits per heavy atom. The van der Waals surface area contributed by atoms with Crippen LogP contribution in [0.2, 0.25) is 0 Å². The molecule has 2 saturated carbocycles. The minimum absolute atomic E-state index is 0.0183. The van der Waals surface area contributed by atoms with Crippen molar-refractivity contribution in [2.75, 3.05) is 0 Å². The summed E-state index contributed by atoms with van der Waals surface area (Å²) in [6.07, 6.45) is 0.584. The Labute approximate surface area is 98.4 Å². The van der Waals surface area contributed by atoms with E-state index in [2.05, 4.69) is 6.58 Å². The van der Waals surface area contributed by atoms with Gasteiger partial charge in [-0.2, -0.15) is 0 Å². The first-order valence-corrected chi connectivity index (χ1v) is 5.75. The summed E-state index contributed by atoms with van der Waals surface area (Å²) in [6, 6.07) is 0. The minimum atomic E-state index is -1.60. The molecule has 0 aromatic rings. The number of carbonyl (C=O) groups is 2. The van der Waals surface area contributed by atoms with E-state index in [0.717, 1.165) is 0 Å². The molecule has 5 nitrogen and oxygen atoms in total. The van der Waals surface area contributed by atoms with Gasteiger partial charge in [-0.05, 0) is 19.8 Å². The lowest BCUT2D eigenvalue weighted by Gasteiger charge is -2.32. The molecule has 3 rings (SSSR count). The predicted molar refractivity (Wildman–Crippen MR) is 55.4 cm³/mol. The van der Waals surface area contributed by atoms with Crippen LogP contribution in [0.1, 0.15) is 19.8 Å². The van der Waals surface area contributed by atoms with E-state index in [1.807, 2.05) is 0 Å². The Hall–Kier alpha value is -1.36. The van der Waals surface area contributed by atoms with Gasteiger partial charge in [-0.25, -0.2) is 4.79 Å². The van der Waals surface area contributed by atoms with Crippen molar-refractivity contribution in [2.45, 2.75) is 31.7 Å². The summed E-state index contributed by atoms with van der Waals surface area (Å²) in [5, 5.41) is 10.3. The first-order chi connectivity index (χ1) is 7.93. The number of ether oxygens (including phenoxy) is 2. The number of hydrogen-bond acceptors (Lipinski definition) is 5. The zero-order chi connectivity index (χ0) is 12.4. The first-order valence-electron chi connectivity index (χ1n) is 5.75. The highest BCUT2D eigenvalue weighted by Gasteiger charge is 2.72.